The average Bonchev–Trinajstić information content (AvgIpc) is 2.98. The van der Waals surface area contributed by atoms with Crippen LogP contribution in [0.25, 0.3) is 0 Å². The van der Waals surface area contributed by atoms with Crippen LogP contribution in [-0.2, 0) is 40.4 Å². The van der Waals surface area contributed by atoms with Crippen molar-refractivity contribution in [3.63, 3.8) is 0 Å². The van der Waals surface area contributed by atoms with Crippen LogP contribution in [0.5, 0.6) is 0 Å². The van der Waals surface area contributed by atoms with Gasteiger partial charge in [0.05, 0.1) is 8.07 Å². The molecule has 0 saturated heterocycles. The van der Waals surface area contributed by atoms with Gasteiger partial charge in [0.2, 0.25) is 0 Å². The maximum Gasteiger partial charge on any atom is 4.00 e. The molecule has 0 heterocycles. The van der Waals surface area contributed by atoms with E-state index in [1.165, 1.54) is 5.56 Å². The molecule has 0 fully saturated rings. The number of hydrogen-bond donors (Lipinski definition) is 0. The van der Waals surface area contributed by atoms with Gasteiger partial charge in [-0.1, -0.05) is 38.3 Å². The van der Waals surface area contributed by atoms with Gasteiger partial charge in [0, 0.05) is 29.4 Å². The van der Waals surface area contributed by atoms with Gasteiger partial charge in [-0.3, -0.25) is 0 Å². The van der Waals surface area contributed by atoms with E-state index in [0.717, 1.165) is 18.1 Å². The van der Waals surface area contributed by atoms with E-state index < -0.39 is 25.0 Å². The van der Waals surface area contributed by atoms with Gasteiger partial charge in [-0.25, -0.2) is 6.07 Å². The van der Waals surface area contributed by atoms with E-state index in [4.69, 9.17) is 13.3 Å². The summed E-state index contributed by atoms with van der Waals surface area (Å²) in [5.74, 6) is 0. The molecular formula is C22H44O3PtSi3. The number of allylic oxidation sites excluding steroid dienone is 2. The Morgan fingerprint density at radius 1 is 0.897 bits per heavy atom. The molecule has 0 radical (unpaired) electrons. The molecule has 1 rings (SSSR count). The molecule has 1 aromatic carbocycles. The Morgan fingerprint density at radius 3 is 1.72 bits per heavy atom. The zero-order chi connectivity index (χ0) is 19.3. The average molecular weight is 636 g/mol. The Kier molecular flexibility index (Phi) is 18.8. The normalized spacial score (nSPS) is 11.3. The van der Waals surface area contributed by atoms with Crippen LogP contribution in [0.15, 0.2) is 37.4 Å². The minimum Gasteiger partial charge on any atom is -0.377 e. The molecule has 29 heavy (non-hydrogen) atoms. The molecule has 0 atom stereocenters. The Morgan fingerprint density at radius 2 is 1.34 bits per heavy atom. The molecule has 0 aliphatic rings. The van der Waals surface area contributed by atoms with Crippen molar-refractivity contribution in [1.29, 1.82) is 0 Å². The van der Waals surface area contributed by atoms with E-state index in [0.29, 0.717) is 0 Å². The van der Waals surface area contributed by atoms with Gasteiger partial charge < -0.3 is 35.6 Å². The van der Waals surface area contributed by atoms with Crippen LogP contribution >= 0.6 is 0 Å². The second-order valence-electron chi connectivity index (χ2n) is 7.87. The summed E-state index contributed by atoms with van der Waals surface area (Å²) in [7, 11) is -0.834. The first-order valence-corrected chi connectivity index (χ1v) is 17.1. The molecule has 1 aromatic rings. The summed E-state index contributed by atoms with van der Waals surface area (Å²) in [6.45, 7) is 17.7. The molecule has 0 aliphatic carbocycles. The molecule has 0 amide bonds. The summed E-state index contributed by atoms with van der Waals surface area (Å²) >= 11 is 0. The van der Waals surface area contributed by atoms with Gasteiger partial charge in [0.25, 0.3) is 0 Å². The second-order valence-corrected chi connectivity index (χ2v) is 20.2. The minimum absolute atomic E-state index is 0. The van der Waals surface area contributed by atoms with Gasteiger partial charge in [-0.05, 0) is 18.1 Å². The van der Waals surface area contributed by atoms with E-state index in [2.05, 4.69) is 63.6 Å². The zero-order valence-corrected chi connectivity index (χ0v) is 25.7. The van der Waals surface area contributed by atoms with Crippen molar-refractivity contribution in [3.05, 3.63) is 65.3 Å². The predicted octanol–water partition coefficient (Wildman–Crippen LogP) is 4.92. The Hall–Kier alpha value is 0.0490. The van der Waals surface area contributed by atoms with Crippen molar-refractivity contribution >= 4 is 35.3 Å². The van der Waals surface area contributed by atoms with Gasteiger partial charge >= 0.3 is 29.9 Å². The summed E-state index contributed by atoms with van der Waals surface area (Å²) < 4.78 is 17.1. The summed E-state index contributed by atoms with van der Waals surface area (Å²) in [6, 6.07) is 7.50. The first-order chi connectivity index (χ1) is 11.6. The monoisotopic (exact) mass is 635 g/mol. The van der Waals surface area contributed by atoms with Crippen molar-refractivity contribution in [1.82, 2.24) is 0 Å². The molecule has 0 N–H and O–H groups in total. The molecular weight excluding hydrogens is 592 g/mol. The van der Waals surface area contributed by atoms with Crippen LogP contribution in [0.1, 0.15) is 5.56 Å². The fourth-order valence-corrected chi connectivity index (χ4v) is 12.7. The fraction of sp³-hybridized carbons (Fsp3) is 0.455. The summed E-state index contributed by atoms with van der Waals surface area (Å²) in [5.41, 5.74) is 1.34. The van der Waals surface area contributed by atoms with E-state index in [-0.39, 0.29) is 43.3 Å². The fourth-order valence-electron chi connectivity index (χ4n) is 3.67. The molecule has 0 spiro atoms. The molecule has 0 unspecified atom stereocenters. The topological polar surface area (TPSA) is 27.7 Å². The van der Waals surface area contributed by atoms with Crippen molar-refractivity contribution in [3.8, 4) is 0 Å². The number of rotatable bonds is 11. The van der Waals surface area contributed by atoms with Crippen LogP contribution < -0.4 is 10.4 Å². The van der Waals surface area contributed by atoms with Gasteiger partial charge in [0.1, 0.15) is 0 Å². The zero-order valence-electron chi connectivity index (χ0n) is 20.4. The van der Waals surface area contributed by atoms with Crippen molar-refractivity contribution in [2.24, 2.45) is 0 Å². The summed E-state index contributed by atoms with van der Waals surface area (Å²) in [5, 5.41) is 3.13. The Bertz CT molecular complexity index is 586. The largest absolute Gasteiger partial charge is 4.00 e. The molecule has 0 bridgehead atoms. The van der Waals surface area contributed by atoms with Crippen LogP contribution in [0.4, 0.5) is 0 Å². The van der Waals surface area contributed by atoms with Crippen molar-refractivity contribution in [2.45, 2.75) is 44.3 Å². The molecule has 3 nitrogen and oxygen atoms in total. The molecule has 172 valence electrons. The standard InChI is InChI=1S/C19H35O3Si3.3CH3.Pt/c1-10-14-23(6,7)18-13-12-17(16-25(20-3,21-4)22-5)19(18)24(8,9)15-11-2;;;;/h10-13H,1-2,14-16H2,3-9H3;3*1H3;/q4*-1;+4. The molecule has 0 aliphatic heterocycles. The molecule has 7 heteroatoms. The van der Waals surface area contributed by atoms with Crippen molar-refractivity contribution in [2.75, 3.05) is 21.3 Å². The molecule has 0 saturated carbocycles. The van der Waals surface area contributed by atoms with E-state index >= 15 is 0 Å². The first kappa shape index (κ1) is 36.4. The van der Waals surface area contributed by atoms with Crippen molar-refractivity contribution < 1.29 is 34.3 Å². The third kappa shape index (κ3) is 8.60. The van der Waals surface area contributed by atoms with Gasteiger partial charge in [0.15, 0.2) is 0 Å². The van der Waals surface area contributed by atoms with E-state index in [1.807, 2.05) is 0 Å². The third-order valence-electron chi connectivity index (χ3n) is 5.10. The van der Waals surface area contributed by atoms with Crippen LogP contribution in [0.3, 0.4) is 0 Å². The third-order valence-corrected chi connectivity index (χ3v) is 14.5. The SMILES string of the molecule is C=CC[Si](C)(C)c1c(C[Si](OC)(OC)OC)cc[c-]1[Si](C)(C)CC=C.[CH3-].[CH3-].[CH3-].[Pt+4]. The second kappa shape index (κ2) is 15.0. The van der Waals surface area contributed by atoms with Crippen LogP contribution in [0, 0.1) is 22.3 Å². The summed E-state index contributed by atoms with van der Waals surface area (Å²) in [4.78, 5) is 0. The first-order valence-electron chi connectivity index (χ1n) is 8.80. The van der Waals surface area contributed by atoms with E-state index in [9.17, 15) is 0 Å². The minimum atomic E-state index is -2.66. The maximum absolute atomic E-state index is 5.70. The van der Waals surface area contributed by atoms with Crippen LogP contribution in [-0.4, -0.2) is 46.3 Å². The summed E-state index contributed by atoms with van der Waals surface area (Å²) in [6.07, 6.45) is 4.14. The smallest absolute Gasteiger partial charge is 0.377 e. The van der Waals surface area contributed by atoms with Gasteiger partial charge in [-0.2, -0.15) is 22.0 Å². The quantitative estimate of drug-likeness (QED) is 0.197. The number of hydrogen-bond acceptors (Lipinski definition) is 3. The van der Waals surface area contributed by atoms with E-state index in [1.54, 1.807) is 31.7 Å². The Labute approximate surface area is 200 Å². The van der Waals surface area contributed by atoms with Crippen LogP contribution in [0.2, 0.25) is 38.3 Å². The maximum atomic E-state index is 5.70. The predicted molar refractivity (Wildman–Crippen MR) is 136 cm³/mol. The molecule has 0 aromatic heterocycles. The van der Waals surface area contributed by atoms with Gasteiger partial charge in [-0.15, -0.1) is 13.2 Å². The Balaban J connectivity index is -0.000000781.